The van der Waals surface area contributed by atoms with Gasteiger partial charge in [-0.1, -0.05) is 12.5 Å². The van der Waals surface area contributed by atoms with Crippen molar-refractivity contribution in [3.63, 3.8) is 0 Å². The van der Waals surface area contributed by atoms with Gasteiger partial charge in [0.2, 0.25) is 0 Å². The maximum atomic E-state index is 12.3. The number of aryl methyl sites for hydroxylation is 1. The van der Waals surface area contributed by atoms with Gasteiger partial charge in [0.1, 0.15) is 17.4 Å². The highest BCUT2D eigenvalue weighted by Gasteiger charge is 2.38. The maximum absolute atomic E-state index is 12.3. The van der Waals surface area contributed by atoms with Crippen molar-refractivity contribution in [2.75, 3.05) is 12.3 Å². The van der Waals surface area contributed by atoms with Crippen LogP contribution in [0.15, 0.2) is 12.1 Å². The molecule has 126 valence electrons. The van der Waals surface area contributed by atoms with E-state index in [1.165, 1.54) is 18.4 Å². The average molecular weight is 326 g/mol. The number of fused-ring (bicyclic) bond motifs is 5. The molecule has 1 fully saturated rings. The number of hydrogen-bond acceptors (Lipinski definition) is 5. The number of carbonyl (C=O) groups is 1. The zero-order valence-electron chi connectivity index (χ0n) is 14.1. The summed E-state index contributed by atoms with van der Waals surface area (Å²) in [6.45, 7) is 3.88. The fourth-order valence-electron chi connectivity index (χ4n) is 4.12. The second kappa shape index (κ2) is 5.65. The molecule has 1 aromatic heterocycles. The van der Waals surface area contributed by atoms with E-state index in [2.05, 4.69) is 11.1 Å². The van der Waals surface area contributed by atoms with E-state index < -0.39 is 5.97 Å². The van der Waals surface area contributed by atoms with Crippen molar-refractivity contribution in [3.05, 3.63) is 29.0 Å². The summed E-state index contributed by atoms with van der Waals surface area (Å²) in [6.07, 6.45) is 4.88. The number of nitrogens with zero attached hydrogens (tertiary/aromatic N) is 1. The average Bonchev–Trinajstić information content (AvgIpc) is 2.93. The summed E-state index contributed by atoms with van der Waals surface area (Å²) in [6, 6.07) is 4.11. The zero-order valence-corrected chi connectivity index (χ0v) is 14.1. The first kappa shape index (κ1) is 15.2. The SMILES string of the molecule is CCOC(=O)c1c(C)nc2ccc3c(c2c1N)OC1CCCCC31. The predicted octanol–water partition coefficient (Wildman–Crippen LogP) is 3.72. The van der Waals surface area contributed by atoms with Crippen molar-refractivity contribution < 1.29 is 14.3 Å². The molecule has 5 nitrogen and oxygen atoms in total. The van der Waals surface area contributed by atoms with Gasteiger partial charge in [-0.25, -0.2) is 4.79 Å². The molecule has 2 heterocycles. The molecule has 0 radical (unpaired) electrons. The van der Waals surface area contributed by atoms with Crippen LogP contribution in [-0.4, -0.2) is 23.7 Å². The van der Waals surface area contributed by atoms with Crippen LogP contribution >= 0.6 is 0 Å². The number of hydrogen-bond donors (Lipinski definition) is 1. The first-order chi connectivity index (χ1) is 11.6. The molecule has 2 aliphatic rings. The summed E-state index contributed by atoms with van der Waals surface area (Å²) in [5.41, 5.74) is 9.75. The van der Waals surface area contributed by atoms with E-state index in [1.807, 2.05) is 6.07 Å². The minimum Gasteiger partial charge on any atom is -0.489 e. The normalized spacial score (nSPS) is 21.9. The third-order valence-electron chi connectivity index (χ3n) is 5.21. The number of pyridine rings is 1. The molecular formula is C19H22N2O3. The molecule has 0 saturated heterocycles. The summed E-state index contributed by atoms with van der Waals surface area (Å²) in [4.78, 5) is 16.9. The molecule has 2 N–H and O–H groups in total. The van der Waals surface area contributed by atoms with Crippen LogP contribution in [0.3, 0.4) is 0 Å². The Morgan fingerprint density at radius 1 is 1.38 bits per heavy atom. The van der Waals surface area contributed by atoms with Crippen molar-refractivity contribution >= 4 is 22.6 Å². The van der Waals surface area contributed by atoms with E-state index in [-0.39, 0.29) is 6.10 Å². The molecule has 5 heteroatoms. The van der Waals surface area contributed by atoms with Crippen LogP contribution in [0.5, 0.6) is 5.75 Å². The number of aromatic nitrogens is 1. The van der Waals surface area contributed by atoms with Gasteiger partial charge in [-0.05, 0) is 39.2 Å². The van der Waals surface area contributed by atoms with Crippen LogP contribution in [0.4, 0.5) is 5.69 Å². The molecule has 1 aromatic carbocycles. The van der Waals surface area contributed by atoms with Gasteiger partial charge in [0.25, 0.3) is 0 Å². The number of nitrogen functional groups attached to an aromatic ring is 1. The van der Waals surface area contributed by atoms with Crippen LogP contribution in [0, 0.1) is 6.92 Å². The van der Waals surface area contributed by atoms with Gasteiger partial charge in [0, 0.05) is 11.5 Å². The van der Waals surface area contributed by atoms with Gasteiger partial charge in [0.15, 0.2) is 0 Å². The molecule has 0 bridgehead atoms. The molecule has 1 saturated carbocycles. The smallest absolute Gasteiger partial charge is 0.342 e. The van der Waals surface area contributed by atoms with Gasteiger partial charge in [-0.2, -0.15) is 0 Å². The molecule has 1 aliphatic carbocycles. The highest BCUT2D eigenvalue weighted by Crippen LogP contribution is 2.49. The van der Waals surface area contributed by atoms with E-state index in [9.17, 15) is 4.79 Å². The van der Waals surface area contributed by atoms with Crippen LogP contribution in [0.25, 0.3) is 10.9 Å². The lowest BCUT2D eigenvalue weighted by Crippen LogP contribution is -2.22. The lowest BCUT2D eigenvalue weighted by atomic mass is 9.83. The molecule has 0 amide bonds. The minimum atomic E-state index is -0.421. The molecule has 2 unspecified atom stereocenters. The lowest BCUT2D eigenvalue weighted by Gasteiger charge is -2.23. The Morgan fingerprint density at radius 3 is 2.96 bits per heavy atom. The fraction of sp³-hybridized carbons (Fsp3) is 0.474. The van der Waals surface area contributed by atoms with Crippen molar-refractivity contribution in [1.82, 2.24) is 4.98 Å². The van der Waals surface area contributed by atoms with Gasteiger partial charge < -0.3 is 15.2 Å². The minimum absolute atomic E-state index is 0.228. The van der Waals surface area contributed by atoms with Crippen LogP contribution in [0.1, 0.15) is 60.1 Å². The number of esters is 1. The predicted molar refractivity (Wildman–Crippen MR) is 92.5 cm³/mol. The van der Waals surface area contributed by atoms with Crippen LogP contribution < -0.4 is 10.5 Å². The Kier molecular flexibility index (Phi) is 3.59. The summed E-state index contributed by atoms with van der Waals surface area (Å²) in [5, 5.41) is 0.760. The third-order valence-corrected chi connectivity index (χ3v) is 5.21. The summed E-state index contributed by atoms with van der Waals surface area (Å²) < 4.78 is 11.4. The second-order valence-electron chi connectivity index (χ2n) is 6.63. The van der Waals surface area contributed by atoms with Gasteiger partial charge in [-0.3, -0.25) is 4.98 Å². The molecule has 2 aromatic rings. The van der Waals surface area contributed by atoms with Gasteiger partial charge >= 0.3 is 5.97 Å². The molecule has 1 aliphatic heterocycles. The first-order valence-corrected chi connectivity index (χ1v) is 8.68. The highest BCUT2D eigenvalue weighted by atomic mass is 16.5. The Bertz CT molecular complexity index is 831. The van der Waals surface area contributed by atoms with E-state index in [4.69, 9.17) is 15.2 Å². The fourth-order valence-corrected chi connectivity index (χ4v) is 4.12. The summed E-state index contributed by atoms with van der Waals surface area (Å²) in [7, 11) is 0. The highest BCUT2D eigenvalue weighted by molar-refractivity contribution is 6.08. The molecule has 4 rings (SSSR count). The van der Waals surface area contributed by atoms with Crippen LogP contribution in [0.2, 0.25) is 0 Å². The number of anilines is 1. The van der Waals surface area contributed by atoms with E-state index in [0.717, 1.165) is 29.5 Å². The Labute approximate surface area is 141 Å². The van der Waals surface area contributed by atoms with Crippen LogP contribution in [-0.2, 0) is 4.74 Å². The van der Waals surface area contributed by atoms with E-state index in [1.54, 1.807) is 13.8 Å². The van der Waals surface area contributed by atoms with E-state index in [0.29, 0.717) is 29.5 Å². The van der Waals surface area contributed by atoms with Gasteiger partial charge in [0.05, 0.1) is 28.9 Å². The number of nitrogens with two attached hydrogens (primary N) is 1. The number of rotatable bonds is 2. The Hall–Kier alpha value is -2.30. The zero-order chi connectivity index (χ0) is 16.8. The first-order valence-electron chi connectivity index (χ1n) is 8.68. The van der Waals surface area contributed by atoms with E-state index >= 15 is 0 Å². The lowest BCUT2D eigenvalue weighted by molar-refractivity contribution is 0.0526. The van der Waals surface area contributed by atoms with Crippen molar-refractivity contribution in [2.24, 2.45) is 0 Å². The number of ether oxygens (including phenoxy) is 2. The monoisotopic (exact) mass is 326 g/mol. The van der Waals surface area contributed by atoms with Crippen molar-refractivity contribution in [3.8, 4) is 5.75 Å². The second-order valence-corrected chi connectivity index (χ2v) is 6.63. The number of carbonyl (C=O) groups excluding carboxylic acids is 1. The standard InChI is InChI=1S/C19H22N2O3/c1-3-23-19(22)15-10(2)21-13-9-8-12-11-6-4-5-7-14(11)24-18(12)16(13)17(15)20/h8-9,11,14H,3-7H2,1-2H3,(H2,20,21). The Morgan fingerprint density at radius 2 is 2.17 bits per heavy atom. The molecular weight excluding hydrogens is 304 g/mol. The third kappa shape index (κ3) is 2.14. The number of benzene rings is 1. The van der Waals surface area contributed by atoms with Gasteiger partial charge in [-0.15, -0.1) is 0 Å². The van der Waals surface area contributed by atoms with Crippen molar-refractivity contribution in [2.45, 2.75) is 51.6 Å². The largest absolute Gasteiger partial charge is 0.489 e. The quantitative estimate of drug-likeness (QED) is 0.851. The summed E-state index contributed by atoms with van der Waals surface area (Å²) in [5.74, 6) is 0.833. The summed E-state index contributed by atoms with van der Waals surface area (Å²) >= 11 is 0. The molecule has 0 spiro atoms. The van der Waals surface area contributed by atoms with Crippen molar-refractivity contribution in [1.29, 1.82) is 0 Å². The topological polar surface area (TPSA) is 74.4 Å². The molecule has 24 heavy (non-hydrogen) atoms. The molecule has 2 atom stereocenters. The maximum Gasteiger partial charge on any atom is 0.342 e. The Balaban J connectivity index is 1.93.